The van der Waals surface area contributed by atoms with Crippen LogP contribution in [0.1, 0.15) is 11.3 Å². The van der Waals surface area contributed by atoms with Gasteiger partial charge in [0, 0.05) is 4.47 Å². The molecule has 1 aliphatic rings. The lowest BCUT2D eigenvalue weighted by atomic mass is 10.2. The minimum absolute atomic E-state index is 0.0174. The molecular formula is C14H10BrN5O3S. The van der Waals surface area contributed by atoms with E-state index in [-0.39, 0.29) is 23.0 Å². The molecule has 1 aromatic heterocycles. The fourth-order valence-electron chi connectivity index (χ4n) is 2.19. The molecule has 0 atom stereocenters. The summed E-state index contributed by atoms with van der Waals surface area (Å²) in [5.41, 5.74) is 1.11. The number of pyridine rings is 1. The van der Waals surface area contributed by atoms with Crippen LogP contribution in [0.2, 0.25) is 0 Å². The lowest BCUT2D eigenvalue weighted by molar-refractivity contribution is 0.262. The Morgan fingerprint density at radius 3 is 2.79 bits per heavy atom. The molecule has 0 saturated carbocycles. The van der Waals surface area contributed by atoms with Crippen molar-refractivity contribution in [2.45, 2.75) is 5.75 Å². The smallest absolute Gasteiger partial charge is 0.307 e. The van der Waals surface area contributed by atoms with Gasteiger partial charge >= 0.3 is 6.03 Å². The van der Waals surface area contributed by atoms with E-state index in [0.717, 1.165) is 0 Å². The minimum Gasteiger partial charge on any atom is -0.307 e. The zero-order valence-corrected chi connectivity index (χ0v) is 14.4. The van der Waals surface area contributed by atoms with Gasteiger partial charge in [0.1, 0.15) is 11.8 Å². The molecule has 122 valence electrons. The monoisotopic (exact) mass is 407 g/mol. The molecule has 1 aliphatic heterocycles. The predicted molar refractivity (Wildman–Crippen MR) is 92.0 cm³/mol. The van der Waals surface area contributed by atoms with E-state index in [1.165, 1.54) is 6.07 Å². The van der Waals surface area contributed by atoms with Gasteiger partial charge in [-0.3, -0.25) is 10.0 Å². The van der Waals surface area contributed by atoms with Crippen LogP contribution in [0.15, 0.2) is 34.8 Å². The van der Waals surface area contributed by atoms with Crippen LogP contribution in [0, 0.1) is 11.3 Å². The number of carbonyl (C=O) groups excluding carboxylic acids is 1. The molecule has 0 aliphatic carbocycles. The second-order valence-corrected chi connectivity index (χ2v) is 7.50. The fraction of sp³-hybridized carbons (Fsp3) is 0.0714. The van der Waals surface area contributed by atoms with Gasteiger partial charge in [0.15, 0.2) is 5.82 Å². The van der Waals surface area contributed by atoms with Crippen molar-refractivity contribution in [3.05, 3.63) is 46.1 Å². The third kappa shape index (κ3) is 3.32. The van der Waals surface area contributed by atoms with E-state index >= 15 is 0 Å². The van der Waals surface area contributed by atoms with E-state index in [9.17, 15) is 13.2 Å². The van der Waals surface area contributed by atoms with Crippen LogP contribution in [0.5, 0.6) is 0 Å². The van der Waals surface area contributed by atoms with Crippen molar-refractivity contribution in [2.75, 3.05) is 15.4 Å². The van der Waals surface area contributed by atoms with Gasteiger partial charge < -0.3 is 5.32 Å². The highest BCUT2D eigenvalue weighted by molar-refractivity contribution is 9.10. The zero-order valence-electron chi connectivity index (χ0n) is 12.0. The molecule has 10 heteroatoms. The van der Waals surface area contributed by atoms with Gasteiger partial charge in [-0.15, -0.1) is 0 Å². The normalized spacial score (nSPS) is 14.2. The molecule has 2 aromatic rings. The maximum Gasteiger partial charge on any atom is 0.324 e. The first-order valence-corrected chi connectivity index (χ1v) is 9.09. The predicted octanol–water partition coefficient (Wildman–Crippen LogP) is 2.62. The number of benzene rings is 1. The first-order valence-electron chi connectivity index (χ1n) is 6.65. The number of nitriles is 1. The van der Waals surface area contributed by atoms with Gasteiger partial charge in [0.05, 0.1) is 17.1 Å². The molecular weight excluding hydrogens is 398 g/mol. The number of carbonyl (C=O) groups is 1. The minimum atomic E-state index is -3.53. The molecule has 3 N–H and O–H groups in total. The number of anilines is 3. The Bertz CT molecular complexity index is 984. The van der Waals surface area contributed by atoms with E-state index < -0.39 is 16.1 Å². The quantitative estimate of drug-likeness (QED) is 0.705. The van der Waals surface area contributed by atoms with Gasteiger partial charge in [-0.05, 0) is 39.7 Å². The summed E-state index contributed by atoms with van der Waals surface area (Å²) >= 11 is 3.30. The Morgan fingerprint density at radius 2 is 2.08 bits per heavy atom. The van der Waals surface area contributed by atoms with Crippen molar-refractivity contribution < 1.29 is 13.2 Å². The fourth-order valence-corrected chi connectivity index (χ4v) is 3.83. The van der Waals surface area contributed by atoms with Gasteiger partial charge in [-0.1, -0.05) is 12.1 Å². The first-order chi connectivity index (χ1) is 11.4. The Labute approximate surface area is 146 Å². The number of rotatable bonds is 2. The van der Waals surface area contributed by atoms with Crippen LogP contribution in [0.25, 0.3) is 0 Å². The number of nitrogens with zero attached hydrogens (tertiary/aromatic N) is 2. The standard InChI is InChI=1S/C14H10BrN5O3S/c15-10-3-1-2-4-11(10)18-14(21)19-13-12-8(5-9(6-16)17-13)7-24(22,23)20-12/h1-5,20H,7H2,(H2,17,18,19,21). The van der Waals surface area contributed by atoms with E-state index in [1.807, 2.05) is 6.07 Å². The lowest BCUT2D eigenvalue weighted by Gasteiger charge is -2.11. The van der Waals surface area contributed by atoms with Crippen LogP contribution < -0.4 is 15.4 Å². The average molecular weight is 408 g/mol. The summed E-state index contributed by atoms with van der Waals surface area (Å²) < 4.78 is 26.4. The summed E-state index contributed by atoms with van der Waals surface area (Å²) in [7, 11) is -3.53. The van der Waals surface area contributed by atoms with Crippen LogP contribution >= 0.6 is 15.9 Å². The summed E-state index contributed by atoms with van der Waals surface area (Å²) in [5.74, 6) is -0.283. The maximum atomic E-state index is 12.2. The number of aromatic nitrogens is 1. The molecule has 2 amide bonds. The molecule has 0 fully saturated rings. The molecule has 8 nitrogen and oxygen atoms in total. The summed E-state index contributed by atoms with van der Waals surface area (Å²) in [6, 6.07) is 9.61. The highest BCUT2D eigenvalue weighted by Gasteiger charge is 2.28. The lowest BCUT2D eigenvalue weighted by Crippen LogP contribution is -2.21. The van der Waals surface area contributed by atoms with E-state index in [4.69, 9.17) is 5.26 Å². The van der Waals surface area contributed by atoms with Crippen LogP contribution in [-0.4, -0.2) is 19.4 Å². The second kappa shape index (κ2) is 6.10. The highest BCUT2D eigenvalue weighted by atomic mass is 79.9. The molecule has 0 bridgehead atoms. The summed E-state index contributed by atoms with van der Waals surface area (Å²) in [6.45, 7) is 0. The van der Waals surface area contributed by atoms with Crippen LogP contribution in [0.4, 0.5) is 22.0 Å². The third-order valence-corrected chi connectivity index (χ3v) is 5.07. The molecule has 0 saturated heterocycles. The van der Waals surface area contributed by atoms with Crippen molar-refractivity contribution in [3.63, 3.8) is 0 Å². The number of fused-ring (bicyclic) bond motifs is 1. The number of para-hydroxylation sites is 1. The molecule has 0 spiro atoms. The van der Waals surface area contributed by atoms with Crippen LogP contribution in [-0.2, 0) is 15.8 Å². The molecule has 0 unspecified atom stereocenters. The van der Waals surface area contributed by atoms with E-state index in [1.54, 1.807) is 24.3 Å². The number of nitrogens with one attached hydrogen (secondary N) is 3. The van der Waals surface area contributed by atoms with Gasteiger partial charge in [-0.25, -0.2) is 18.2 Å². The third-order valence-electron chi connectivity index (χ3n) is 3.17. The number of amides is 2. The molecule has 1 aromatic carbocycles. The Kier molecular flexibility index (Phi) is 4.13. The largest absolute Gasteiger partial charge is 0.324 e. The van der Waals surface area contributed by atoms with E-state index in [0.29, 0.717) is 15.7 Å². The first kappa shape index (κ1) is 16.2. The van der Waals surface area contributed by atoms with Gasteiger partial charge in [0.2, 0.25) is 10.0 Å². The topological polar surface area (TPSA) is 124 Å². The van der Waals surface area contributed by atoms with Crippen molar-refractivity contribution in [2.24, 2.45) is 0 Å². The molecule has 2 heterocycles. The summed E-state index contributed by atoms with van der Waals surface area (Å²) in [6.07, 6.45) is 0. The zero-order chi connectivity index (χ0) is 17.3. The SMILES string of the molecule is N#Cc1cc2c(c(NC(=O)Nc3ccccc3Br)n1)NS(=O)(=O)C2. The van der Waals surface area contributed by atoms with Crippen molar-refractivity contribution in [3.8, 4) is 6.07 Å². The van der Waals surface area contributed by atoms with Crippen molar-refractivity contribution in [1.29, 1.82) is 5.26 Å². The average Bonchev–Trinajstić information content (AvgIpc) is 2.83. The van der Waals surface area contributed by atoms with Gasteiger partial charge in [-0.2, -0.15) is 5.26 Å². The summed E-state index contributed by atoms with van der Waals surface area (Å²) in [5, 5.41) is 14.1. The van der Waals surface area contributed by atoms with Gasteiger partial charge in [0.25, 0.3) is 0 Å². The maximum absolute atomic E-state index is 12.2. The Balaban J connectivity index is 1.88. The number of halogens is 1. The second-order valence-electron chi connectivity index (χ2n) is 4.92. The highest BCUT2D eigenvalue weighted by Crippen LogP contribution is 2.33. The number of hydrogen-bond donors (Lipinski definition) is 3. The molecule has 0 radical (unpaired) electrons. The molecule has 24 heavy (non-hydrogen) atoms. The number of urea groups is 1. The van der Waals surface area contributed by atoms with Crippen LogP contribution in [0.3, 0.4) is 0 Å². The van der Waals surface area contributed by atoms with E-state index in [2.05, 4.69) is 36.3 Å². The Hall–Kier alpha value is -2.64. The number of hydrogen-bond acceptors (Lipinski definition) is 5. The Morgan fingerprint density at radius 1 is 1.33 bits per heavy atom. The molecule has 3 rings (SSSR count). The number of sulfonamides is 1. The van der Waals surface area contributed by atoms with Crippen molar-refractivity contribution >= 4 is 49.2 Å². The summed E-state index contributed by atoms with van der Waals surface area (Å²) in [4.78, 5) is 16.1. The van der Waals surface area contributed by atoms with Crippen molar-refractivity contribution in [1.82, 2.24) is 4.98 Å².